The van der Waals surface area contributed by atoms with Gasteiger partial charge in [0.1, 0.15) is 0 Å². The fourth-order valence-electron chi connectivity index (χ4n) is 4.41. The van der Waals surface area contributed by atoms with Gasteiger partial charge in [0, 0.05) is 0 Å². The first-order chi connectivity index (χ1) is 8.80. The molecule has 0 N–H and O–H groups in total. The summed E-state index contributed by atoms with van der Waals surface area (Å²) in [5.41, 5.74) is 0.228. The predicted octanol–water partition coefficient (Wildman–Crippen LogP) is 3.68. The minimum absolute atomic E-state index is 0.153. The second kappa shape index (κ2) is 4.25. The third kappa shape index (κ3) is 1.78. The third-order valence-corrected chi connectivity index (χ3v) is 6.71. The van der Waals surface area contributed by atoms with Gasteiger partial charge in [-0.05, 0) is 42.9 Å². The first-order valence-electron chi connectivity index (χ1n) is 7.40. The van der Waals surface area contributed by atoms with Crippen LogP contribution in [0.15, 0.2) is 12.7 Å². The molecule has 0 aromatic rings. The third-order valence-electron chi connectivity index (χ3n) is 6.10. The highest BCUT2D eigenvalue weighted by Gasteiger charge is 2.68. The lowest BCUT2D eigenvalue weighted by Crippen LogP contribution is -2.65. The summed E-state index contributed by atoms with van der Waals surface area (Å²) in [6.45, 7) is 12.8. The molecule has 4 aliphatic rings. The van der Waals surface area contributed by atoms with Crippen LogP contribution in [0.1, 0.15) is 40.5 Å². The highest BCUT2D eigenvalue weighted by Crippen LogP contribution is 2.65. The highest BCUT2D eigenvalue weighted by molar-refractivity contribution is 6.60. The second-order valence-electron chi connectivity index (χ2n) is 7.38. The van der Waals surface area contributed by atoms with Gasteiger partial charge in [0.05, 0.1) is 17.0 Å². The molecule has 0 unspecified atom stereocenters. The Morgan fingerprint density at radius 1 is 1.37 bits per heavy atom. The number of hydrogen-bond donors (Lipinski definition) is 0. The van der Waals surface area contributed by atoms with Gasteiger partial charge in [-0.3, -0.25) is 0 Å². The van der Waals surface area contributed by atoms with Gasteiger partial charge in [0.15, 0.2) is 0 Å². The van der Waals surface area contributed by atoms with Crippen molar-refractivity contribution in [2.45, 2.75) is 57.5 Å². The van der Waals surface area contributed by atoms with Gasteiger partial charge in [0.2, 0.25) is 0 Å². The van der Waals surface area contributed by atoms with Crippen LogP contribution in [0, 0.1) is 23.2 Å². The largest absolute Gasteiger partial charge is 0.477 e. The molecule has 0 aromatic heterocycles. The lowest BCUT2D eigenvalue weighted by molar-refractivity contribution is -0.199. The Morgan fingerprint density at radius 2 is 2.05 bits per heavy atom. The second-order valence-corrected chi connectivity index (χ2v) is 7.88. The van der Waals surface area contributed by atoms with Gasteiger partial charge in [0.25, 0.3) is 0 Å². The topological polar surface area (TPSA) is 18.5 Å². The van der Waals surface area contributed by atoms with E-state index in [1.165, 1.54) is 6.42 Å². The van der Waals surface area contributed by atoms with Gasteiger partial charge in [-0.2, -0.15) is 0 Å². The maximum atomic E-state index is 6.48. The molecule has 4 heteroatoms. The van der Waals surface area contributed by atoms with E-state index >= 15 is 0 Å². The summed E-state index contributed by atoms with van der Waals surface area (Å²) in [5, 5.41) is -0.153. The van der Waals surface area contributed by atoms with E-state index in [-0.39, 0.29) is 30.0 Å². The molecule has 0 spiro atoms. The average molecular weight is 283 g/mol. The number of rotatable bonds is 3. The van der Waals surface area contributed by atoms with Crippen LogP contribution in [0.3, 0.4) is 0 Å². The van der Waals surface area contributed by atoms with E-state index in [1.54, 1.807) is 0 Å². The molecule has 19 heavy (non-hydrogen) atoms. The Kier molecular flexibility index (Phi) is 3.13. The van der Waals surface area contributed by atoms with Crippen LogP contribution in [-0.2, 0) is 9.31 Å². The maximum absolute atomic E-state index is 6.48. The predicted molar refractivity (Wildman–Crippen MR) is 79.1 cm³/mol. The van der Waals surface area contributed by atoms with Crippen LogP contribution < -0.4 is 0 Å². The minimum atomic E-state index is -0.292. The molecule has 2 nitrogen and oxygen atoms in total. The zero-order valence-corrected chi connectivity index (χ0v) is 13.1. The molecule has 1 aliphatic heterocycles. The fraction of sp³-hybridized carbons (Fsp3) is 0.867. The van der Waals surface area contributed by atoms with Crippen LogP contribution >= 0.6 is 11.6 Å². The Morgan fingerprint density at radius 3 is 2.63 bits per heavy atom. The van der Waals surface area contributed by atoms with Crippen LogP contribution in [0.25, 0.3) is 0 Å². The van der Waals surface area contributed by atoms with Crippen molar-refractivity contribution in [1.29, 1.82) is 0 Å². The van der Waals surface area contributed by atoms with Crippen LogP contribution in [0.4, 0.5) is 0 Å². The van der Waals surface area contributed by atoms with Crippen molar-refractivity contribution in [3.63, 3.8) is 0 Å². The van der Waals surface area contributed by atoms with E-state index in [0.717, 1.165) is 12.3 Å². The minimum Gasteiger partial charge on any atom is -0.404 e. The zero-order chi connectivity index (χ0) is 14.0. The van der Waals surface area contributed by atoms with Crippen LogP contribution in [0.2, 0.25) is 0 Å². The van der Waals surface area contributed by atoms with Gasteiger partial charge < -0.3 is 9.31 Å². The van der Waals surface area contributed by atoms with Gasteiger partial charge in [-0.1, -0.05) is 26.8 Å². The van der Waals surface area contributed by atoms with Crippen LogP contribution in [-0.4, -0.2) is 24.1 Å². The average Bonchev–Trinajstić information content (AvgIpc) is 2.73. The Labute approximate surface area is 122 Å². The van der Waals surface area contributed by atoms with Crippen molar-refractivity contribution >= 4 is 18.7 Å². The SMILES string of the molecule is C=C[C@H](C)[C@@H](Cl)B1O[C@@H]2C[C@@H]3C[C@@H](C3(C)C)[C@]2(C)O1. The molecule has 3 saturated carbocycles. The summed E-state index contributed by atoms with van der Waals surface area (Å²) in [6, 6.07) is 0. The summed E-state index contributed by atoms with van der Waals surface area (Å²) in [4.78, 5) is 0. The standard InChI is InChI=1S/C15H24BClO2/c1-6-9(2)13(17)16-18-12-8-10-7-11(14(10,3)4)15(12,5)19-16/h6,9-13H,1,7-8H2,2-5H3/t9-,10-,11-,12+,13+,15-/m0/s1. The molecule has 3 aliphatic carbocycles. The molecule has 0 amide bonds. The van der Waals surface area contributed by atoms with E-state index in [0.29, 0.717) is 11.3 Å². The summed E-state index contributed by atoms with van der Waals surface area (Å²) in [6.07, 6.45) is 4.48. The fourth-order valence-corrected chi connectivity index (χ4v) is 4.63. The van der Waals surface area contributed by atoms with Crippen molar-refractivity contribution < 1.29 is 9.31 Å². The number of halogens is 1. The molecule has 0 radical (unpaired) electrons. The molecule has 106 valence electrons. The Balaban J connectivity index is 1.79. The van der Waals surface area contributed by atoms with Crippen molar-refractivity contribution in [3.05, 3.63) is 12.7 Å². The summed E-state index contributed by atoms with van der Waals surface area (Å²) in [7, 11) is -0.292. The van der Waals surface area contributed by atoms with Crippen LogP contribution in [0.5, 0.6) is 0 Å². The molecule has 2 bridgehead atoms. The monoisotopic (exact) mass is 282 g/mol. The van der Waals surface area contributed by atoms with E-state index in [9.17, 15) is 0 Å². The molecule has 0 aromatic carbocycles. The number of alkyl halides is 1. The highest BCUT2D eigenvalue weighted by atomic mass is 35.5. The van der Waals surface area contributed by atoms with Crippen molar-refractivity contribution in [2.75, 3.05) is 0 Å². The number of hydrogen-bond acceptors (Lipinski definition) is 2. The van der Waals surface area contributed by atoms with E-state index in [2.05, 4.69) is 34.3 Å². The van der Waals surface area contributed by atoms with Crippen molar-refractivity contribution in [1.82, 2.24) is 0 Å². The lowest BCUT2D eigenvalue weighted by Gasteiger charge is -2.64. The Hall–Kier alpha value is 0.0149. The quantitative estimate of drug-likeness (QED) is 0.446. The molecule has 1 saturated heterocycles. The first kappa shape index (κ1) is 14.0. The first-order valence-corrected chi connectivity index (χ1v) is 7.84. The zero-order valence-electron chi connectivity index (χ0n) is 12.4. The molecular weight excluding hydrogens is 258 g/mol. The smallest absolute Gasteiger partial charge is 0.404 e. The Bertz CT molecular complexity index is 400. The molecular formula is C15H24BClO2. The normalized spacial score (nSPS) is 46.2. The van der Waals surface area contributed by atoms with Crippen molar-refractivity contribution in [2.24, 2.45) is 23.2 Å². The van der Waals surface area contributed by atoms with Gasteiger partial charge in [-0.15, -0.1) is 18.2 Å². The summed E-state index contributed by atoms with van der Waals surface area (Å²) >= 11 is 6.48. The maximum Gasteiger partial charge on any atom is 0.477 e. The lowest BCUT2D eigenvalue weighted by atomic mass is 9.43. The van der Waals surface area contributed by atoms with Crippen molar-refractivity contribution in [3.8, 4) is 0 Å². The molecule has 4 fully saturated rings. The van der Waals surface area contributed by atoms with E-state index in [4.69, 9.17) is 20.9 Å². The van der Waals surface area contributed by atoms with Gasteiger partial charge >= 0.3 is 7.12 Å². The summed E-state index contributed by atoms with van der Waals surface area (Å²) < 4.78 is 12.5. The molecule has 1 heterocycles. The van der Waals surface area contributed by atoms with Gasteiger partial charge in [-0.25, -0.2) is 0 Å². The number of allylic oxidation sites excluding steroid dienone is 1. The van der Waals surface area contributed by atoms with E-state index in [1.807, 2.05) is 6.08 Å². The molecule has 4 rings (SSSR count). The van der Waals surface area contributed by atoms with E-state index < -0.39 is 0 Å². The summed E-state index contributed by atoms with van der Waals surface area (Å²) in [5.74, 6) is 1.57. The molecule has 6 atom stereocenters.